The van der Waals surface area contributed by atoms with Gasteiger partial charge in [-0.3, -0.25) is 0 Å². The fourth-order valence-electron chi connectivity index (χ4n) is 10.1. The summed E-state index contributed by atoms with van der Waals surface area (Å²) in [4.78, 5) is 15.6. The summed E-state index contributed by atoms with van der Waals surface area (Å²) in [5, 5.41) is 7.01. The number of aromatic nitrogens is 3. The quantitative estimate of drug-likeness (QED) is 0.153. The van der Waals surface area contributed by atoms with E-state index < -0.39 is 0 Å². The molecule has 0 bridgehead atoms. The van der Waals surface area contributed by atoms with Crippen LogP contribution < -0.4 is 0 Å². The molecule has 2 heterocycles. The van der Waals surface area contributed by atoms with Crippen molar-refractivity contribution in [2.45, 2.75) is 0 Å². The maximum absolute atomic E-state index is 6.52. The van der Waals surface area contributed by atoms with Gasteiger partial charge in [-0.15, -0.1) is 0 Å². The van der Waals surface area contributed by atoms with Gasteiger partial charge in [0, 0.05) is 33.0 Å². The van der Waals surface area contributed by atoms with Crippen molar-refractivity contribution < 1.29 is 4.42 Å². The topological polar surface area (TPSA) is 51.8 Å². The number of benzene rings is 11. The summed E-state index contributed by atoms with van der Waals surface area (Å²) < 4.78 is 6.52. The first-order valence-corrected chi connectivity index (χ1v) is 23.3. The van der Waals surface area contributed by atoms with Gasteiger partial charge in [0.25, 0.3) is 0 Å². The number of nitrogens with zero attached hydrogens (tertiary/aromatic N) is 3. The van der Waals surface area contributed by atoms with Gasteiger partial charge in [0.2, 0.25) is 0 Å². The molecule has 13 rings (SSSR count). The lowest BCUT2D eigenvalue weighted by Gasteiger charge is -2.16. The van der Waals surface area contributed by atoms with Crippen LogP contribution in [0.3, 0.4) is 0 Å². The monoisotopic (exact) mass is 879 g/mol. The summed E-state index contributed by atoms with van der Waals surface area (Å²) in [5.74, 6) is 1.85. The predicted octanol–water partition coefficient (Wildman–Crippen LogP) is 17.4. The number of hydrogen-bond donors (Lipinski definition) is 0. The Hall–Kier alpha value is -9.25. The van der Waals surface area contributed by atoms with E-state index in [4.69, 9.17) is 19.4 Å². The minimum atomic E-state index is 0.613. The van der Waals surface area contributed by atoms with Gasteiger partial charge in [-0.25, -0.2) is 15.0 Å². The van der Waals surface area contributed by atoms with E-state index in [0.29, 0.717) is 17.5 Å². The molecule has 4 heteroatoms. The van der Waals surface area contributed by atoms with Gasteiger partial charge >= 0.3 is 0 Å². The van der Waals surface area contributed by atoms with Crippen molar-refractivity contribution in [1.82, 2.24) is 15.0 Å². The molecule has 0 amide bonds. The highest BCUT2D eigenvalue weighted by atomic mass is 16.3. The van der Waals surface area contributed by atoms with Crippen LogP contribution in [-0.2, 0) is 0 Å². The second-order valence-electron chi connectivity index (χ2n) is 17.4. The minimum Gasteiger partial charge on any atom is -0.455 e. The Balaban J connectivity index is 0.900. The summed E-state index contributed by atoms with van der Waals surface area (Å²) >= 11 is 0. The zero-order chi connectivity index (χ0) is 45.7. The second-order valence-corrected chi connectivity index (χ2v) is 17.4. The van der Waals surface area contributed by atoms with Crippen molar-refractivity contribution in [3.05, 3.63) is 249 Å². The lowest BCUT2D eigenvalue weighted by Crippen LogP contribution is -2.01. The Morgan fingerprint density at radius 1 is 0.217 bits per heavy atom. The SMILES string of the molecule is c1ccc(-c2cccc(-c3nc(-c4ccc(-c5ccc(-c6ccc(-c7cccc8c7oc7ccccc78)c7ccccc67)c6ccccc56)cc4)nc(-c4ccccc4-c4ccccc4)n3)c2)cc1. The van der Waals surface area contributed by atoms with Gasteiger partial charge in [0.1, 0.15) is 11.2 Å². The van der Waals surface area contributed by atoms with Crippen LogP contribution in [0.2, 0.25) is 0 Å². The molecule has 0 aliphatic carbocycles. The van der Waals surface area contributed by atoms with E-state index >= 15 is 0 Å². The molecule has 322 valence electrons. The highest BCUT2D eigenvalue weighted by molar-refractivity contribution is 6.16. The van der Waals surface area contributed by atoms with Crippen LogP contribution in [0.25, 0.3) is 133 Å². The van der Waals surface area contributed by atoms with Crippen molar-refractivity contribution in [3.63, 3.8) is 0 Å². The van der Waals surface area contributed by atoms with Crippen LogP contribution in [-0.4, -0.2) is 15.0 Å². The van der Waals surface area contributed by atoms with Crippen molar-refractivity contribution in [1.29, 1.82) is 0 Å². The summed E-state index contributed by atoms with van der Waals surface area (Å²) in [6.07, 6.45) is 0. The summed E-state index contributed by atoms with van der Waals surface area (Å²) in [5.41, 5.74) is 15.9. The average molecular weight is 880 g/mol. The summed E-state index contributed by atoms with van der Waals surface area (Å²) in [6, 6.07) is 87.6. The van der Waals surface area contributed by atoms with E-state index in [1.165, 1.54) is 32.7 Å². The Morgan fingerprint density at radius 2 is 0.638 bits per heavy atom. The lowest BCUT2D eigenvalue weighted by atomic mass is 9.87. The van der Waals surface area contributed by atoms with E-state index in [9.17, 15) is 0 Å². The first kappa shape index (κ1) is 40.1. The number of furan rings is 1. The van der Waals surface area contributed by atoms with Crippen LogP contribution in [0.15, 0.2) is 253 Å². The molecule has 0 unspecified atom stereocenters. The molecule has 13 aromatic rings. The van der Waals surface area contributed by atoms with Crippen LogP contribution in [0, 0.1) is 0 Å². The third-order valence-electron chi connectivity index (χ3n) is 13.4. The van der Waals surface area contributed by atoms with Crippen molar-refractivity contribution in [2.24, 2.45) is 0 Å². The number of fused-ring (bicyclic) bond motifs is 5. The largest absolute Gasteiger partial charge is 0.455 e. The summed E-state index contributed by atoms with van der Waals surface area (Å²) in [7, 11) is 0. The van der Waals surface area contributed by atoms with E-state index in [1.807, 2.05) is 30.3 Å². The molecule has 0 radical (unpaired) electrons. The third-order valence-corrected chi connectivity index (χ3v) is 13.4. The zero-order valence-corrected chi connectivity index (χ0v) is 37.4. The number of hydrogen-bond acceptors (Lipinski definition) is 4. The van der Waals surface area contributed by atoms with Gasteiger partial charge in [0.05, 0.1) is 0 Å². The Kier molecular flexibility index (Phi) is 9.80. The third kappa shape index (κ3) is 7.14. The van der Waals surface area contributed by atoms with Gasteiger partial charge in [-0.05, 0) is 83.7 Å². The van der Waals surface area contributed by atoms with Crippen molar-refractivity contribution in [3.8, 4) is 89.8 Å². The minimum absolute atomic E-state index is 0.613. The first-order valence-electron chi connectivity index (χ1n) is 23.3. The summed E-state index contributed by atoms with van der Waals surface area (Å²) in [6.45, 7) is 0. The maximum Gasteiger partial charge on any atom is 0.164 e. The molecular weight excluding hydrogens is 839 g/mol. The number of para-hydroxylation sites is 2. The van der Waals surface area contributed by atoms with E-state index in [0.717, 1.165) is 83.1 Å². The fraction of sp³-hybridized carbons (Fsp3) is 0. The highest BCUT2D eigenvalue weighted by Crippen LogP contribution is 2.44. The lowest BCUT2D eigenvalue weighted by molar-refractivity contribution is 0.670. The van der Waals surface area contributed by atoms with Crippen LogP contribution in [0.1, 0.15) is 0 Å². The molecule has 0 atom stereocenters. The first-order chi connectivity index (χ1) is 34.2. The smallest absolute Gasteiger partial charge is 0.164 e. The second kappa shape index (κ2) is 16.9. The molecule has 0 aliphatic rings. The molecule has 0 saturated carbocycles. The molecule has 0 spiro atoms. The van der Waals surface area contributed by atoms with Crippen LogP contribution in [0.5, 0.6) is 0 Å². The van der Waals surface area contributed by atoms with Gasteiger partial charge in [-0.2, -0.15) is 0 Å². The van der Waals surface area contributed by atoms with Gasteiger partial charge in [-0.1, -0.05) is 237 Å². The Bertz CT molecular complexity index is 4060. The standard InChI is InChI=1S/C65H41N3O/c1-3-17-42(18-4-1)46-21-15-22-47(41-46)64-66-63(67-65(68-64)60-29-12-7-23-48(60)43-19-5-2-6-20-43)45-35-33-44(34-36-45)49-37-38-54(51-25-9-8-24-50(49)51)55-39-40-56(53-27-11-10-26-52(53)55)58-30-16-31-59-57-28-13-14-32-61(57)69-62(58)59/h1-41H. The van der Waals surface area contributed by atoms with E-state index in [-0.39, 0.29) is 0 Å². The predicted molar refractivity (Wildman–Crippen MR) is 286 cm³/mol. The Morgan fingerprint density at radius 3 is 1.32 bits per heavy atom. The molecule has 2 aromatic heterocycles. The zero-order valence-electron chi connectivity index (χ0n) is 37.4. The molecule has 0 aliphatic heterocycles. The highest BCUT2D eigenvalue weighted by Gasteiger charge is 2.19. The molecule has 4 nitrogen and oxygen atoms in total. The molecule has 0 saturated heterocycles. The van der Waals surface area contributed by atoms with E-state index in [1.54, 1.807) is 0 Å². The molecule has 11 aromatic carbocycles. The fourth-order valence-corrected chi connectivity index (χ4v) is 10.1. The Labute approximate surface area is 399 Å². The molecular formula is C65H41N3O. The average Bonchev–Trinajstić information content (AvgIpc) is 3.82. The van der Waals surface area contributed by atoms with Crippen molar-refractivity contribution in [2.75, 3.05) is 0 Å². The van der Waals surface area contributed by atoms with E-state index in [2.05, 4.69) is 218 Å². The van der Waals surface area contributed by atoms with Crippen molar-refractivity contribution >= 4 is 43.5 Å². The normalized spacial score (nSPS) is 11.5. The van der Waals surface area contributed by atoms with Crippen LogP contribution in [0.4, 0.5) is 0 Å². The van der Waals surface area contributed by atoms with Crippen LogP contribution >= 0.6 is 0 Å². The maximum atomic E-state index is 6.52. The van der Waals surface area contributed by atoms with Gasteiger partial charge in [0.15, 0.2) is 17.5 Å². The number of rotatable bonds is 8. The molecule has 0 N–H and O–H groups in total. The molecule has 69 heavy (non-hydrogen) atoms. The van der Waals surface area contributed by atoms with Gasteiger partial charge < -0.3 is 4.42 Å². The molecule has 0 fully saturated rings.